The summed E-state index contributed by atoms with van der Waals surface area (Å²) in [5, 5.41) is 0. The Balaban J connectivity index is 6.78. The zero-order valence-electron chi connectivity index (χ0n) is 21.9. The van der Waals surface area contributed by atoms with Gasteiger partial charge in [0, 0.05) is 10.8 Å². The summed E-state index contributed by atoms with van der Waals surface area (Å²) in [4.78, 5) is 0. The second kappa shape index (κ2) is 10.9. The van der Waals surface area contributed by atoms with Crippen molar-refractivity contribution in [2.75, 3.05) is 0 Å². The molecule has 0 nitrogen and oxygen atoms in total. The van der Waals surface area contributed by atoms with E-state index in [9.17, 15) is 110 Å². The Morgan fingerprint density at radius 3 is 0.733 bits per heavy atom. The summed E-state index contributed by atoms with van der Waals surface area (Å²) in [6.07, 6.45) is -18.7. The van der Waals surface area contributed by atoms with Crippen LogP contribution in [0.5, 0.6) is 0 Å². The van der Waals surface area contributed by atoms with Crippen LogP contribution in [-0.2, 0) is 0 Å². The zero-order chi connectivity index (χ0) is 37.5. The van der Waals surface area contributed by atoms with Gasteiger partial charge in [0.15, 0.2) is 0 Å². The van der Waals surface area contributed by atoms with Gasteiger partial charge in [0.1, 0.15) is 0 Å². The fraction of sp³-hybridized carbons (Fsp3) is 1.00. The van der Waals surface area contributed by atoms with E-state index >= 15 is 0 Å². The smallest absolute Gasteiger partial charge is 0.203 e. The first-order chi connectivity index (χ1) is 18.9. The number of rotatable bonds is 14. The Labute approximate surface area is 234 Å². The van der Waals surface area contributed by atoms with Gasteiger partial charge in [0.05, 0.1) is 0 Å². The first-order valence-electron chi connectivity index (χ1n) is 11.0. The van der Waals surface area contributed by atoms with Crippen LogP contribution in [0, 0.1) is 10.8 Å². The molecule has 0 aliphatic heterocycles. The molecule has 0 bridgehead atoms. The van der Waals surface area contributed by atoms with Crippen molar-refractivity contribution in [2.45, 2.75) is 112 Å². The molecule has 0 saturated heterocycles. The molecule has 0 saturated carbocycles. The lowest BCUT2D eigenvalue weighted by Crippen LogP contribution is -2.72. The average molecular weight is 732 g/mol. The first-order valence-corrected chi connectivity index (χ1v) is 11.0. The number of hydrogen-bond acceptors (Lipinski definition) is 0. The van der Waals surface area contributed by atoms with E-state index in [1.54, 1.807) is 0 Å². The predicted octanol–water partition coefficient (Wildman–Crippen LogP) is 11.0. The van der Waals surface area contributed by atoms with E-state index in [-0.39, 0.29) is 0 Å². The third-order valence-corrected chi connectivity index (χ3v) is 6.88. The van der Waals surface area contributed by atoms with E-state index in [1.165, 1.54) is 0 Å². The standard InChI is InChI=1S/C20H17F25/c1-8(2,11(25,26)14(31,32)16(35,36)13(29,30)10(23,24)7(21)22)5-6-9(3,4)12(27,28)15(33,34)17(37,38)18(39,40)19(41,42)20(43,44)45/h7H,5-6H2,1-4H3. The van der Waals surface area contributed by atoms with Crippen molar-refractivity contribution in [3.63, 3.8) is 0 Å². The number of halogens is 25. The molecule has 272 valence electrons. The molecule has 0 amide bonds. The quantitative estimate of drug-likeness (QED) is 0.156. The van der Waals surface area contributed by atoms with Crippen LogP contribution in [-0.4, -0.2) is 71.8 Å². The Bertz CT molecular complexity index is 1040. The van der Waals surface area contributed by atoms with Crippen LogP contribution in [0.2, 0.25) is 0 Å². The van der Waals surface area contributed by atoms with E-state index in [2.05, 4.69) is 0 Å². The van der Waals surface area contributed by atoms with Gasteiger partial charge in [-0.3, -0.25) is 0 Å². The Morgan fingerprint density at radius 1 is 0.311 bits per heavy atom. The predicted molar refractivity (Wildman–Crippen MR) is 98.3 cm³/mol. The van der Waals surface area contributed by atoms with E-state index < -0.39 is 123 Å². The van der Waals surface area contributed by atoms with Gasteiger partial charge < -0.3 is 0 Å². The molecular weight excluding hydrogens is 715 g/mol. The highest BCUT2D eigenvalue weighted by Gasteiger charge is 2.92. The monoisotopic (exact) mass is 732 g/mol. The minimum absolute atomic E-state index is 0.487. The summed E-state index contributed by atoms with van der Waals surface area (Å²) in [7, 11) is 0. The maximum atomic E-state index is 14.5. The average Bonchev–Trinajstić information content (AvgIpc) is 2.80. The van der Waals surface area contributed by atoms with E-state index in [1.807, 2.05) is 0 Å². The maximum absolute atomic E-state index is 14.5. The van der Waals surface area contributed by atoms with Crippen molar-refractivity contribution < 1.29 is 110 Å². The van der Waals surface area contributed by atoms with Gasteiger partial charge in [-0.15, -0.1) is 0 Å². The highest BCUT2D eigenvalue weighted by atomic mass is 19.4. The van der Waals surface area contributed by atoms with Gasteiger partial charge in [-0.25, -0.2) is 8.78 Å². The normalized spacial score (nSPS) is 16.9. The molecule has 0 atom stereocenters. The topological polar surface area (TPSA) is 0 Å². The van der Waals surface area contributed by atoms with Crippen LogP contribution >= 0.6 is 0 Å². The van der Waals surface area contributed by atoms with Crippen molar-refractivity contribution in [3.8, 4) is 0 Å². The molecule has 0 aliphatic carbocycles. The molecule has 0 rings (SSSR count). The van der Waals surface area contributed by atoms with Gasteiger partial charge in [0.2, 0.25) is 0 Å². The molecular formula is C20H17F25. The van der Waals surface area contributed by atoms with E-state index in [4.69, 9.17) is 0 Å². The summed E-state index contributed by atoms with van der Waals surface area (Å²) in [6, 6.07) is 0. The fourth-order valence-electron chi connectivity index (χ4n) is 3.30. The van der Waals surface area contributed by atoms with Crippen molar-refractivity contribution in [3.05, 3.63) is 0 Å². The summed E-state index contributed by atoms with van der Waals surface area (Å²) in [5.41, 5.74) is -8.75. The summed E-state index contributed by atoms with van der Waals surface area (Å²) < 4.78 is 336. The van der Waals surface area contributed by atoms with Crippen molar-refractivity contribution in [2.24, 2.45) is 10.8 Å². The van der Waals surface area contributed by atoms with Gasteiger partial charge >= 0.3 is 71.8 Å². The van der Waals surface area contributed by atoms with E-state index in [0.717, 1.165) is 0 Å². The van der Waals surface area contributed by atoms with Crippen molar-refractivity contribution in [1.29, 1.82) is 0 Å². The van der Waals surface area contributed by atoms with Gasteiger partial charge in [-0.2, -0.15) is 101 Å². The van der Waals surface area contributed by atoms with Crippen LogP contribution in [0.1, 0.15) is 40.5 Å². The van der Waals surface area contributed by atoms with Crippen LogP contribution < -0.4 is 0 Å². The van der Waals surface area contributed by atoms with E-state index in [0.29, 0.717) is 0 Å². The van der Waals surface area contributed by atoms with Gasteiger partial charge in [0.25, 0.3) is 0 Å². The SMILES string of the molecule is CC(C)(CCC(C)(C)C(F)(F)C(F)(F)C(F)(F)C(F)(F)C(F)(F)C(F)(F)F)C(F)(F)C(F)(F)C(F)(F)C(F)(F)C(F)(F)C(F)F. The Hall–Kier alpha value is -1.75. The van der Waals surface area contributed by atoms with Crippen LogP contribution in [0.25, 0.3) is 0 Å². The van der Waals surface area contributed by atoms with Crippen LogP contribution in [0.4, 0.5) is 110 Å². The minimum atomic E-state index is -8.40. The second-order valence-corrected chi connectivity index (χ2v) is 10.9. The lowest BCUT2D eigenvalue weighted by atomic mass is 9.69. The number of alkyl halides is 25. The molecule has 0 radical (unpaired) electrons. The third kappa shape index (κ3) is 5.63. The zero-order valence-corrected chi connectivity index (χ0v) is 21.9. The lowest BCUT2D eigenvalue weighted by Gasteiger charge is -2.47. The lowest BCUT2D eigenvalue weighted by molar-refractivity contribution is -0.447. The fourth-order valence-corrected chi connectivity index (χ4v) is 3.30. The second-order valence-electron chi connectivity index (χ2n) is 10.9. The highest BCUT2D eigenvalue weighted by Crippen LogP contribution is 2.65. The molecule has 0 fully saturated rings. The molecule has 0 aromatic rings. The van der Waals surface area contributed by atoms with Crippen molar-refractivity contribution in [1.82, 2.24) is 0 Å². The van der Waals surface area contributed by atoms with Crippen LogP contribution in [0.3, 0.4) is 0 Å². The van der Waals surface area contributed by atoms with Crippen molar-refractivity contribution >= 4 is 0 Å². The molecule has 0 aliphatic rings. The molecule has 0 aromatic carbocycles. The minimum Gasteiger partial charge on any atom is -0.203 e. The third-order valence-electron chi connectivity index (χ3n) is 6.88. The molecule has 0 N–H and O–H groups in total. The molecule has 45 heavy (non-hydrogen) atoms. The first kappa shape index (κ1) is 43.2. The molecule has 0 aromatic heterocycles. The Morgan fingerprint density at radius 2 is 0.511 bits per heavy atom. The molecule has 0 unspecified atom stereocenters. The summed E-state index contributed by atoms with van der Waals surface area (Å²) in [5.74, 6) is -78.4. The Kier molecular flexibility index (Phi) is 10.5. The molecule has 25 heteroatoms. The highest BCUT2D eigenvalue weighted by molar-refractivity contribution is 5.14. The maximum Gasteiger partial charge on any atom is 0.460 e. The largest absolute Gasteiger partial charge is 0.460 e. The summed E-state index contributed by atoms with van der Waals surface area (Å²) >= 11 is 0. The van der Waals surface area contributed by atoms with Gasteiger partial charge in [-0.1, -0.05) is 27.7 Å². The van der Waals surface area contributed by atoms with Gasteiger partial charge in [-0.05, 0) is 12.8 Å². The number of hydrogen-bond donors (Lipinski definition) is 0. The molecule has 0 spiro atoms. The van der Waals surface area contributed by atoms with Crippen LogP contribution in [0.15, 0.2) is 0 Å². The molecule has 0 heterocycles. The summed E-state index contributed by atoms with van der Waals surface area (Å²) in [6.45, 7) is -2.01.